The summed E-state index contributed by atoms with van der Waals surface area (Å²) in [5.74, 6) is 5.59. The van der Waals surface area contributed by atoms with Crippen molar-refractivity contribution in [1.82, 2.24) is 15.2 Å². The fourth-order valence-electron chi connectivity index (χ4n) is 1.68. The van der Waals surface area contributed by atoms with Crippen molar-refractivity contribution in [2.45, 2.75) is 25.9 Å². The van der Waals surface area contributed by atoms with Crippen LogP contribution in [0.1, 0.15) is 23.4 Å². The number of nitrogens with two attached hydrogens (primary N) is 1. The summed E-state index contributed by atoms with van der Waals surface area (Å²) in [6, 6.07) is 3.98. The molecule has 1 atom stereocenters. The average Bonchev–Trinajstić information content (AvgIpc) is 2.94. The smallest absolute Gasteiger partial charge is 0.0931 e. The van der Waals surface area contributed by atoms with Crippen LogP contribution in [0.15, 0.2) is 24.5 Å². The molecule has 0 aliphatic heterocycles. The Morgan fingerprint density at radius 1 is 1.59 bits per heavy atom. The van der Waals surface area contributed by atoms with Gasteiger partial charge >= 0.3 is 0 Å². The van der Waals surface area contributed by atoms with E-state index in [9.17, 15) is 0 Å². The molecule has 0 aliphatic rings. The van der Waals surface area contributed by atoms with Crippen molar-refractivity contribution < 1.29 is 0 Å². The van der Waals surface area contributed by atoms with E-state index in [1.165, 1.54) is 5.56 Å². The van der Waals surface area contributed by atoms with Crippen molar-refractivity contribution in [3.8, 4) is 0 Å². The molecule has 2 aromatic rings. The van der Waals surface area contributed by atoms with Gasteiger partial charge in [0.05, 0.1) is 16.6 Å². The molecule has 0 fully saturated rings. The lowest BCUT2D eigenvalue weighted by Crippen LogP contribution is -2.28. The monoisotopic (exact) mass is 270 g/mol. The Morgan fingerprint density at radius 3 is 2.94 bits per heavy atom. The Labute approximate surface area is 109 Å². The predicted octanol–water partition coefficient (Wildman–Crippen LogP) is 2.37. The molecule has 4 nitrogen and oxygen atoms in total. The number of hydrazine groups is 1. The van der Waals surface area contributed by atoms with Gasteiger partial charge in [-0.15, -0.1) is 11.3 Å². The van der Waals surface area contributed by atoms with E-state index in [0.717, 1.165) is 22.2 Å². The van der Waals surface area contributed by atoms with Crippen molar-refractivity contribution in [3.63, 3.8) is 0 Å². The third-order valence-corrected chi connectivity index (χ3v) is 3.93. The summed E-state index contributed by atoms with van der Waals surface area (Å²) in [4.78, 5) is 1.14. The SMILES string of the molecule is CCn1cc(CC(NN)c2ccc(Cl)s2)cn1. The molecule has 0 bridgehead atoms. The maximum atomic E-state index is 5.92. The summed E-state index contributed by atoms with van der Waals surface area (Å²) in [5, 5.41) is 4.25. The van der Waals surface area contributed by atoms with Crippen LogP contribution in [-0.2, 0) is 13.0 Å². The molecule has 92 valence electrons. The standard InChI is InChI=1S/C11H15ClN4S/c1-2-16-7-8(6-14-16)5-9(15-13)10-3-4-11(12)17-10/h3-4,6-7,9,15H,2,5,13H2,1H3. The summed E-state index contributed by atoms with van der Waals surface area (Å²) in [5.41, 5.74) is 3.99. The van der Waals surface area contributed by atoms with Crippen LogP contribution >= 0.6 is 22.9 Å². The molecule has 6 heteroatoms. The largest absolute Gasteiger partial charge is 0.273 e. The first-order valence-corrected chi connectivity index (χ1v) is 6.65. The molecule has 2 heterocycles. The molecule has 0 radical (unpaired) electrons. The number of aryl methyl sites for hydroxylation is 1. The molecular formula is C11H15ClN4S. The van der Waals surface area contributed by atoms with Crippen molar-refractivity contribution >= 4 is 22.9 Å². The minimum Gasteiger partial charge on any atom is -0.273 e. The van der Waals surface area contributed by atoms with E-state index < -0.39 is 0 Å². The van der Waals surface area contributed by atoms with E-state index in [-0.39, 0.29) is 6.04 Å². The zero-order valence-corrected chi connectivity index (χ0v) is 11.1. The minimum absolute atomic E-state index is 0.0852. The van der Waals surface area contributed by atoms with Gasteiger partial charge in [0.1, 0.15) is 0 Å². The predicted molar refractivity (Wildman–Crippen MR) is 71.0 cm³/mol. The van der Waals surface area contributed by atoms with Crippen molar-refractivity contribution in [2.75, 3.05) is 0 Å². The van der Waals surface area contributed by atoms with E-state index >= 15 is 0 Å². The Bertz CT molecular complexity index is 479. The number of thiophene rings is 1. The lowest BCUT2D eigenvalue weighted by atomic mass is 10.1. The second kappa shape index (κ2) is 5.64. The Morgan fingerprint density at radius 2 is 2.41 bits per heavy atom. The zero-order chi connectivity index (χ0) is 12.3. The first-order chi connectivity index (χ1) is 8.22. The number of rotatable bonds is 5. The van der Waals surface area contributed by atoms with E-state index in [0.29, 0.717) is 0 Å². The molecule has 0 saturated heterocycles. The second-order valence-corrected chi connectivity index (χ2v) is 5.52. The summed E-state index contributed by atoms with van der Waals surface area (Å²) >= 11 is 7.47. The van der Waals surface area contributed by atoms with E-state index in [1.54, 1.807) is 11.3 Å². The van der Waals surface area contributed by atoms with Crippen LogP contribution in [0.25, 0.3) is 0 Å². The Balaban J connectivity index is 2.09. The van der Waals surface area contributed by atoms with Crippen molar-refractivity contribution in [1.29, 1.82) is 0 Å². The second-order valence-electron chi connectivity index (χ2n) is 3.77. The minimum atomic E-state index is 0.0852. The van der Waals surface area contributed by atoms with E-state index in [4.69, 9.17) is 17.4 Å². The summed E-state index contributed by atoms with van der Waals surface area (Å²) in [6.07, 6.45) is 4.73. The molecule has 0 aliphatic carbocycles. The molecular weight excluding hydrogens is 256 g/mol. The number of hydrogen-bond donors (Lipinski definition) is 2. The molecule has 0 amide bonds. The first kappa shape index (κ1) is 12.6. The maximum absolute atomic E-state index is 5.92. The van der Waals surface area contributed by atoms with Gasteiger partial charge in [-0.1, -0.05) is 11.6 Å². The number of nitrogens with zero attached hydrogens (tertiary/aromatic N) is 2. The van der Waals surface area contributed by atoms with Gasteiger partial charge in [-0.25, -0.2) is 0 Å². The third kappa shape index (κ3) is 3.07. The normalized spacial score (nSPS) is 12.9. The molecule has 17 heavy (non-hydrogen) atoms. The molecule has 3 N–H and O–H groups in total. The Hall–Kier alpha value is -0.880. The van der Waals surface area contributed by atoms with Crippen LogP contribution in [0, 0.1) is 0 Å². The number of halogens is 1. The lowest BCUT2D eigenvalue weighted by molar-refractivity contribution is 0.560. The highest BCUT2D eigenvalue weighted by Crippen LogP contribution is 2.28. The van der Waals surface area contributed by atoms with Gasteiger partial charge in [-0.3, -0.25) is 16.0 Å². The van der Waals surface area contributed by atoms with Crippen molar-refractivity contribution in [3.05, 3.63) is 39.3 Å². The highest BCUT2D eigenvalue weighted by atomic mass is 35.5. The van der Waals surface area contributed by atoms with Crippen LogP contribution in [0.3, 0.4) is 0 Å². The van der Waals surface area contributed by atoms with Gasteiger partial charge in [0.15, 0.2) is 0 Å². The molecule has 0 spiro atoms. The van der Waals surface area contributed by atoms with E-state index in [1.807, 2.05) is 29.2 Å². The summed E-state index contributed by atoms with van der Waals surface area (Å²) < 4.78 is 2.69. The quantitative estimate of drug-likeness (QED) is 0.648. The van der Waals surface area contributed by atoms with Crippen LogP contribution < -0.4 is 11.3 Å². The van der Waals surface area contributed by atoms with Crippen LogP contribution in [-0.4, -0.2) is 9.78 Å². The molecule has 0 aromatic carbocycles. The average molecular weight is 271 g/mol. The molecule has 2 aromatic heterocycles. The Kier molecular flexibility index (Phi) is 4.17. The first-order valence-electron chi connectivity index (χ1n) is 5.45. The maximum Gasteiger partial charge on any atom is 0.0931 e. The van der Waals surface area contributed by atoms with Gasteiger partial charge in [-0.05, 0) is 31.0 Å². The molecule has 2 rings (SSSR count). The number of hydrogen-bond acceptors (Lipinski definition) is 4. The highest BCUT2D eigenvalue weighted by Gasteiger charge is 2.13. The fraction of sp³-hybridized carbons (Fsp3) is 0.364. The molecule has 0 saturated carbocycles. The van der Waals surface area contributed by atoms with Gasteiger partial charge in [0.2, 0.25) is 0 Å². The van der Waals surface area contributed by atoms with Gasteiger partial charge in [-0.2, -0.15) is 5.10 Å². The van der Waals surface area contributed by atoms with Crippen LogP contribution in [0.4, 0.5) is 0 Å². The molecule has 1 unspecified atom stereocenters. The summed E-state index contributed by atoms with van der Waals surface area (Å²) in [7, 11) is 0. The van der Waals surface area contributed by atoms with E-state index in [2.05, 4.69) is 17.4 Å². The fourth-order valence-corrected chi connectivity index (χ4v) is 2.80. The van der Waals surface area contributed by atoms with Crippen molar-refractivity contribution in [2.24, 2.45) is 5.84 Å². The topological polar surface area (TPSA) is 55.9 Å². The number of nitrogens with one attached hydrogen (secondary N) is 1. The van der Waals surface area contributed by atoms with Crippen LogP contribution in [0.5, 0.6) is 0 Å². The van der Waals surface area contributed by atoms with Gasteiger partial charge in [0, 0.05) is 17.6 Å². The number of aromatic nitrogens is 2. The zero-order valence-electron chi connectivity index (χ0n) is 9.56. The van der Waals surface area contributed by atoms with Crippen LogP contribution in [0.2, 0.25) is 4.34 Å². The lowest BCUT2D eigenvalue weighted by Gasteiger charge is -2.12. The third-order valence-electron chi connectivity index (χ3n) is 2.59. The van der Waals surface area contributed by atoms with Gasteiger partial charge in [0.25, 0.3) is 0 Å². The highest BCUT2D eigenvalue weighted by molar-refractivity contribution is 7.16. The van der Waals surface area contributed by atoms with Gasteiger partial charge < -0.3 is 0 Å². The summed E-state index contributed by atoms with van der Waals surface area (Å²) in [6.45, 7) is 2.94.